The SMILES string of the molecule is COc1ccccc1OC[C@H](C)NC(=S)Nc1cccc(F)c1. The molecule has 0 fully saturated rings. The van der Waals surface area contributed by atoms with E-state index in [1.165, 1.54) is 12.1 Å². The standard InChI is InChI=1S/C17H19FN2O2S/c1-12(11-22-16-9-4-3-8-15(16)21-2)19-17(23)20-14-7-5-6-13(18)10-14/h3-10,12H,11H2,1-2H3,(H2,19,20,23)/t12-/m0/s1. The Bertz CT molecular complexity index is 667. The lowest BCUT2D eigenvalue weighted by atomic mass is 10.3. The molecule has 0 aliphatic rings. The lowest BCUT2D eigenvalue weighted by Crippen LogP contribution is -2.39. The van der Waals surface area contributed by atoms with Crippen LogP contribution in [0.1, 0.15) is 6.92 Å². The third kappa shape index (κ3) is 5.41. The number of benzene rings is 2. The average molecular weight is 334 g/mol. The molecule has 0 saturated heterocycles. The first-order chi connectivity index (χ1) is 11.1. The van der Waals surface area contributed by atoms with Crippen LogP contribution in [0.15, 0.2) is 48.5 Å². The number of ether oxygens (including phenoxy) is 2. The van der Waals surface area contributed by atoms with Gasteiger partial charge in [-0.2, -0.15) is 0 Å². The van der Waals surface area contributed by atoms with Gasteiger partial charge >= 0.3 is 0 Å². The van der Waals surface area contributed by atoms with Crippen molar-refractivity contribution in [3.63, 3.8) is 0 Å². The molecule has 0 aromatic heterocycles. The number of methoxy groups -OCH3 is 1. The molecule has 0 unspecified atom stereocenters. The molecule has 0 amide bonds. The summed E-state index contributed by atoms with van der Waals surface area (Å²) in [6, 6.07) is 13.5. The molecule has 122 valence electrons. The molecule has 2 rings (SSSR count). The van der Waals surface area contributed by atoms with Crippen LogP contribution in [-0.4, -0.2) is 24.9 Å². The van der Waals surface area contributed by atoms with Gasteiger partial charge in [-0.05, 0) is 49.5 Å². The Morgan fingerprint density at radius 1 is 1.17 bits per heavy atom. The van der Waals surface area contributed by atoms with Gasteiger partial charge in [0.25, 0.3) is 0 Å². The Hall–Kier alpha value is -2.34. The highest BCUT2D eigenvalue weighted by atomic mass is 32.1. The Morgan fingerprint density at radius 3 is 2.61 bits per heavy atom. The highest BCUT2D eigenvalue weighted by molar-refractivity contribution is 7.80. The molecular weight excluding hydrogens is 315 g/mol. The van der Waals surface area contributed by atoms with Crippen LogP contribution in [0.2, 0.25) is 0 Å². The predicted octanol–water partition coefficient (Wildman–Crippen LogP) is 3.59. The second kappa shape index (κ2) is 8.33. The molecule has 0 aliphatic carbocycles. The van der Waals surface area contributed by atoms with Crippen LogP contribution in [0.5, 0.6) is 11.5 Å². The van der Waals surface area contributed by atoms with E-state index in [2.05, 4.69) is 10.6 Å². The number of para-hydroxylation sites is 2. The number of halogens is 1. The van der Waals surface area contributed by atoms with Crippen molar-refractivity contribution in [1.29, 1.82) is 0 Å². The summed E-state index contributed by atoms with van der Waals surface area (Å²) in [7, 11) is 1.60. The molecule has 4 nitrogen and oxygen atoms in total. The van der Waals surface area contributed by atoms with E-state index in [-0.39, 0.29) is 11.9 Å². The monoisotopic (exact) mass is 334 g/mol. The van der Waals surface area contributed by atoms with Crippen LogP contribution in [0.25, 0.3) is 0 Å². The fourth-order valence-electron chi connectivity index (χ4n) is 1.95. The Morgan fingerprint density at radius 2 is 1.91 bits per heavy atom. The normalized spacial score (nSPS) is 11.4. The topological polar surface area (TPSA) is 42.5 Å². The van der Waals surface area contributed by atoms with Crippen molar-refractivity contribution in [3.05, 3.63) is 54.3 Å². The lowest BCUT2D eigenvalue weighted by Gasteiger charge is -2.18. The van der Waals surface area contributed by atoms with Crippen molar-refractivity contribution in [1.82, 2.24) is 5.32 Å². The van der Waals surface area contributed by atoms with Crippen LogP contribution in [0.4, 0.5) is 10.1 Å². The summed E-state index contributed by atoms with van der Waals surface area (Å²) >= 11 is 5.21. The largest absolute Gasteiger partial charge is 0.493 e. The number of anilines is 1. The van der Waals surface area contributed by atoms with Gasteiger partial charge in [0, 0.05) is 5.69 Å². The number of nitrogens with one attached hydrogen (secondary N) is 2. The van der Waals surface area contributed by atoms with Crippen LogP contribution >= 0.6 is 12.2 Å². The first-order valence-corrected chi connectivity index (χ1v) is 7.58. The Labute approximate surface area is 140 Å². The minimum absolute atomic E-state index is 0.0338. The van der Waals surface area contributed by atoms with E-state index in [0.717, 1.165) is 0 Å². The van der Waals surface area contributed by atoms with Gasteiger partial charge in [0.2, 0.25) is 0 Å². The second-order valence-electron chi connectivity index (χ2n) is 4.97. The maximum atomic E-state index is 13.1. The summed E-state index contributed by atoms with van der Waals surface area (Å²) in [5, 5.41) is 6.43. The minimum atomic E-state index is -0.314. The molecule has 6 heteroatoms. The molecule has 0 bridgehead atoms. The van der Waals surface area contributed by atoms with Crippen molar-refractivity contribution in [2.45, 2.75) is 13.0 Å². The fraction of sp³-hybridized carbons (Fsp3) is 0.235. The molecule has 2 N–H and O–H groups in total. The number of thiocarbonyl (C=S) groups is 1. The zero-order chi connectivity index (χ0) is 16.7. The highest BCUT2D eigenvalue weighted by Crippen LogP contribution is 2.25. The van der Waals surface area contributed by atoms with E-state index < -0.39 is 0 Å². The molecule has 1 atom stereocenters. The summed E-state index contributed by atoms with van der Waals surface area (Å²) < 4.78 is 24.1. The van der Waals surface area contributed by atoms with Crippen molar-refractivity contribution >= 4 is 23.0 Å². The molecule has 23 heavy (non-hydrogen) atoms. The number of rotatable bonds is 6. The number of hydrogen-bond donors (Lipinski definition) is 2. The maximum Gasteiger partial charge on any atom is 0.171 e. The second-order valence-corrected chi connectivity index (χ2v) is 5.38. The molecule has 0 heterocycles. The van der Waals surface area contributed by atoms with Crippen LogP contribution < -0.4 is 20.1 Å². The molecule has 0 saturated carbocycles. The van der Waals surface area contributed by atoms with Gasteiger partial charge in [-0.1, -0.05) is 18.2 Å². The smallest absolute Gasteiger partial charge is 0.171 e. The van der Waals surface area contributed by atoms with Gasteiger partial charge in [-0.15, -0.1) is 0 Å². The van der Waals surface area contributed by atoms with Gasteiger partial charge in [0.05, 0.1) is 13.2 Å². The van der Waals surface area contributed by atoms with Crippen molar-refractivity contribution in [2.75, 3.05) is 19.0 Å². The molecule has 0 aliphatic heterocycles. The van der Waals surface area contributed by atoms with Crippen molar-refractivity contribution < 1.29 is 13.9 Å². The fourth-order valence-corrected chi connectivity index (χ4v) is 2.27. The minimum Gasteiger partial charge on any atom is -0.493 e. The molecule has 0 spiro atoms. The molecule has 2 aromatic carbocycles. The summed E-state index contributed by atoms with van der Waals surface area (Å²) in [6.07, 6.45) is 0. The molecule has 2 aromatic rings. The number of hydrogen-bond acceptors (Lipinski definition) is 3. The third-order valence-electron chi connectivity index (χ3n) is 3.02. The third-order valence-corrected chi connectivity index (χ3v) is 3.24. The van der Waals surface area contributed by atoms with E-state index in [9.17, 15) is 4.39 Å². The van der Waals surface area contributed by atoms with Crippen molar-refractivity contribution in [2.24, 2.45) is 0 Å². The van der Waals surface area contributed by atoms with Crippen molar-refractivity contribution in [3.8, 4) is 11.5 Å². The van der Waals surface area contributed by atoms with Gasteiger partial charge in [-0.25, -0.2) is 4.39 Å². The first kappa shape index (κ1) is 17.0. The highest BCUT2D eigenvalue weighted by Gasteiger charge is 2.08. The Kier molecular flexibility index (Phi) is 6.17. The van der Waals surface area contributed by atoms with Crippen LogP contribution in [0.3, 0.4) is 0 Å². The van der Waals surface area contributed by atoms with E-state index in [4.69, 9.17) is 21.7 Å². The quantitative estimate of drug-likeness (QED) is 0.790. The molecule has 0 radical (unpaired) electrons. The van der Waals surface area contributed by atoms with E-state index in [1.807, 2.05) is 31.2 Å². The van der Waals surface area contributed by atoms with E-state index in [0.29, 0.717) is 28.9 Å². The average Bonchev–Trinajstić information content (AvgIpc) is 2.53. The van der Waals surface area contributed by atoms with E-state index >= 15 is 0 Å². The first-order valence-electron chi connectivity index (χ1n) is 7.17. The summed E-state index contributed by atoms with van der Waals surface area (Å²) in [5.41, 5.74) is 0.598. The van der Waals surface area contributed by atoms with Gasteiger partial charge < -0.3 is 20.1 Å². The lowest BCUT2D eigenvalue weighted by molar-refractivity contribution is 0.270. The van der Waals surface area contributed by atoms with Gasteiger partial charge in [0.1, 0.15) is 12.4 Å². The molecular formula is C17H19FN2O2S. The summed E-state index contributed by atoms with van der Waals surface area (Å²) in [4.78, 5) is 0. The maximum absolute atomic E-state index is 13.1. The Balaban J connectivity index is 1.82. The zero-order valence-corrected chi connectivity index (χ0v) is 13.8. The summed E-state index contributed by atoms with van der Waals surface area (Å²) in [5.74, 6) is 1.04. The zero-order valence-electron chi connectivity index (χ0n) is 13.0. The van der Waals surface area contributed by atoms with Gasteiger partial charge in [-0.3, -0.25) is 0 Å². The predicted molar refractivity (Wildman–Crippen MR) is 93.7 cm³/mol. The van der Waals surface area contributed by atoms with Crippen LogP contribution in [-0.2, 0) is 0 Å². The van der Waals surface area contributed by atoms with Crippen LogP contribution in [0, 0.1) is 5.82 Å². The van der Waals surface area contributed by atoms with E-state index in [1.54, 1.807) is 19.2 Å². The van der Waals surface area contributed by atoms with Gasteiger partial charge in [0.15, 0.2) is 16.6 Å². The summed E-state index contributed by atoms with van der Waals surface area (Å²) in [6.45, 7) is 2.35.